The molecule has 1 heterocycles. The predicted octanol–water partition coefficient (Wildman–Crippen LogP) is 2.46. The van der Waals surface area contributed by atoms with Gasteiger partial charge in [0.05, 0.1) is 10.6 Å². The second-order valence-electron chi connectivity index (χ2n) is 2.61. The number of oxime groups is 1. The lowest BCUT2D eigenvalue weighted by molar-refractivity contribution is -0.137. The van der Waals surface area contributed by atoms with E-state index < -0.39 is 22.5 Å². The molecule has 0 amide bonds. The zero-order chi connectivity index (χ0) is 12.3. The van der Waals surface area contributed by atoms with Gasteiger partial charge in [-0.2, -0.15) is 18.4 Å². The molecule has 0 atom stereocenters. The Balaban J connectivity index is 3.27. The molecule has 0 aliphatic carbocycles. The average Bonchev–Trinajstić information content (AvgIpc) is 2.20. The Morgan fingerprint density at radius 2 is 2.19 bits per heavy atom. The van der Waals surface area contributed by atoms with Gasteiger partial charge in [0, 0.05) is 6.20 Å². The van der Waals surface area contributed by atoms with Crippen LogP contribution in [0, 0.1) is 11.3 Å². The van der Waals surface area contributed by atoms with E-state index in [9.17, 15) is 13.2 Å². The number of hydrogen-bond acceptors (Lipinski definition) is 4. The standard InChI is InChI=1S/C8H3ClF3N3O/c9-5-1-4(8(10,11)12)3-14-7(5)6(2-13)15-16/h1,3,16H/b15-6-. The zero-order valence-electron chi connectivity index (χ0n) is 7.46. The maximum atomic E-state index is 12.2. The van der Waals surface area contributed by atoms with Gasteiger partial charge in [0.25, 0.3) is 0 Å². The highest BCUT2D eigenvalue weighted by Gasteiger charge is 2.31. The summed E-state index contributed by atoms with van der Waals surface area (Å²) < 4.78 is 36.7. The molecule has 8 heteroatoms. The number of aromatic nitrogens is 1. The Labute approximate surface area is 92.6 Å². The highest BCUT2D eigenvalue weighted by molar-refractivity contribution is 6.35. The third-order valence-corrected chi connectivity index (χ3v) is 1.89. The van der Waals surface area contributed by atoms with E-state index in [1.807, 2.05) is 0 Å². The first-order valence-electron chi connectivity index (χ1n) is 3.75. The van der Waals surface area contributed by atoms with Crippen LogP contribution in [0.1, 0.15) is 11.3 Å². The van der Waals surface area contributed by atoms with Crippen LogP contribution in [0.3, 0.4) is 0 Å². The van der Waals surface area contributed by atoms with E-state index in [0.29, 0.717) is 12.3 Å². The van der Waals surface area contributed by atoms with Gasteiger partial charge in [-0.05, 0) is 6.07 Å². The van der Waals surface area contributed by atoms with Crippen LogP contribution in [0.4, 0.5) is 13.2 Å². The van der Waals surface area contributed by atoms with E-state index in [1.165, 1.54) is 6.07 Å². The summed E-state index contributed by atoms with van der Waals surface area (Å²) in [6, 6.07) is 2.04. The summed E-state index contributed by atoms with van der Waals surface area (Å²) in [5.41, 5.74) is -1.91. The molecule has 0 fully saturated rings. The third kappa shape index (κ3) is 2.41. The van der Waals surface area contributed by atoms with Crippen molar-refractivity contribution in [2.24, 2.45) is 5.16 Å². The summed E-state index contributed by atoms with van der Waals surface area (Å²) in [5, 5.41) is 19.0. The molecule has 0 saturated carbocycles. The second kappa shape index (κ2) is 4.37. The van der Waals surface area contributed by atoms with Gasteiger partial charge in [0.1, 0.15) is 11.8 Å². The number of nitriles is 1. The van der Waals surface area contributed by atoms with Crippen molar-refractivity contribution in [3.05, 3.63) is 28.5 Å². The van der Waals surface area contributed by atoms with Crippen LogP contribution >= 0.6 is 11.6 Å². The van der Waals surface area contributed by atoms with E-state index >= 15 is 0 Å². The Bertz CT molecular complexity index is 478. The Hall–Kier alpha value is -1.81. The molecule has 0 bridgehead atoms. The van der Waals surface area contributed by atoms with Crippen LogP contribution in [0.2, 0.25) is 5.02 Å². The molecule has 0 aromatic carbocycles. The molecule has 0 spiro atoms. The Morgan fingerprint density at radius 3 is 2.56 bits per heavy atom. The quantitative estimate of drug-likeness (QED) is 0.472. The van der Waals surface area contributed by atoms with Gasteiger partial charge >= 0.3 is 6.18 Å². The van der Waals surface area contributed by atoms with Crippen molar-refractivity contribution in [2.45, 2.75) is 6.18 Å². The zero-order valence-corrected chi connectivity index (χ0v) is 8.21. The van der Waals surface area contributed by atoms with Gasteiger partial charge in [0.2, 0.25) is 5.71 Å². The fraction of sp³-hybridized carbons (Fsp3) is 0.125. The average molecular weight is 250 g/mol. The number of pyridine rings is 1. The lowest BCUT2D eigenvalue weighted by atomic mass is 10.2. The summed E-state index contributed by atoms with van der Waals surface area (Å²) in [5.74, 6) is 0. The largest absolute Gasteiger partial charge is 0.417 e. The minimum Gasteiger partial charge on any atom is -0.410 e. The van der Waals surface area contributed by atoms with Crippen LogP contribution in [-0.2, 0) is 6.18 Å². The Kier molecular flexibility index (Phi) is 3.34. The lowest BCUT2D eigenvalue weighted by Gasteiger charge is -2.07. The van der Waals surface area contributed by atoms with Crippen molar-refractivity contribution in [2.75, 3.05) is 0 Å². The molecule has 16 heavy (non-hydrogen) atoms. The molecule has 0 unspecified atom stereocenters. The second-order valence-corrected chi connectivity index (χ2v) is 3.02. The topological polar surface area (TPSA) is 69.3 Å². The van der Waals surface area contributed by atoms with Crippen LogP contribution in [0.15, 0.2) is 17.4 Å². The minimum absolute atomic E-state index is 0.306. The summed E-state index contributed by atoms with van der Waals surface area (Å²) in [6.45, 7) is 0. The minimum atomic E-state index is -4.57. The van der Waals surface area contributed by atoms with Crippen molar-refractivity contribution >= 4 is 17.3 Å². The van der Waals surface area contributed by atoms with Gasteiger partial charge < -0.3 is 5.21 Å². The van der Waals surface area contributed by atoms with Crippen molar-refractivity contribution in [3.63, 3.8) is 0 Å². The molecular weight excluding hydrogens is 247 g/mol. The van der Waals surface area contributed by atoms with Gasteiger partial charge in [-0.1, -0.05) is 16.8 Å². The maximum Gasteiger partial charge on any atom is 0.417 e. The van der Waals surface area contributed by atoms with E-state index in [0.717, 1.165) is 0 Å². The Morgan fingerprint density at radius 1 is 1.56 bits per heavy atom. The number of alkyl halides is 3. The van der Waals surface area contributed by atoms with Gasteiger partial charge in [-0.3, -0.25) is 4.98 Å². The SMILES string of the molecule is N#C/C(=N/O)c1ncc(C(F)(F)F)cc1Cl. The molecule has 0 aliphatic heterocycles. The number of hydrogen-bond donors (Lipinski definition) is 1. The normalized spacial score (nSPS) is 12.3. The van der Waals surface area contributed by atoms with Crippen molar-refractivity contribution < 1.29 is 18.4 Å². The van der Waals surface area contributed by atoms with Crippen molar-refractivity contribution in [3.8, 4) is 6.07 Å². The van der Waals surface area contributed by atoms with E-state index in [-0.39, 0.29) is 5.69 Å². The molecule has 0 saturated heterocycles. The highest BCUT2D eigenvalue weighted by Crippen LogP contribution is 2.31. The summed E-state index contributed by atoms with van der Waals surface area (Å²) in [4.78, 5) is 3.32. The number of halogens is 4. The van der Waals surface area contributed by atoms with Crippen molar-refractivity contribution in [1.29, 1.82) is 5.26 Å². The van der Waals surface area contributed by atoms with Crippen LogP contribution in [0.25, 0.3) is 0 Å². The molecule has 4 nitrogen and oxygen atoms in total. The predicted molar refractivity (Wildman–Crippen MR) is 48.2 cm³/mol. The van der Waals surface area contributed by atoms with E-state index in [2.05, 4.69) is 10.1 Å². The lowest BCUT2D eigenvalue weighted by Crippen LogP contribution is -2.09. The van der Waals surface area contributed by atoms with E-state index in [1.54, 1.807) is 0 Å². The summed E-state index contributed by atoms with van der Waals surface area (Å²) in [6.07, 6.45) is -4.07. The fourth-order valence-electron chi connectivity index (χ4n) is 0.890. The molecule has 1 rings (SSSR count). The molecule has 1 N–H and O–H groups in total. The fourth-order valence-corrected chi connectivity index (χ4v) is 1.15. The molecule has 84 valence electrons. The van der Waals surface area contributed by atoms with Gasteiger partial charge in [0.15, 0.2) is 0 Å². The van der Waals surface area contributed by atoms with Crippen LogP contribution in [0.5, 0.6) is 0 Å². The first-order chi connectivity index (χ1) is 7.40. The summed E-state index contributed by atoms with van der Waals surface area (Å²) in [7, 11) is 0. The van der Waals surface area contributed by atoms with Gasteiger partial charge in [-0.25, -0.2) is 0 Å². The van der Waals surface area contributed by atoms with Crippen LogP contribution in [-0.4, -0.2) is 15.9 Å². The molecule has 0 radical (unpaired) electrons. The molecule has 1 aromatic rings. The highest BCUT2D eigenvalue weighted by atomic mass is 35.5. The first-order valence-corrected chi connectivity index (χ1v) is 4.13. The van der Waals surface area contributed by atoms with Gasteiger partial charge in [-0.15, -0.1) is 0 Å². The van der Waals surface area contributed by atoms with Crippen LogP contribution < -0.4 is 0 Å². The number of rotatable bonds is 1. The number of nitrogens with zero attached hydrogens (tertiary/aromatic N) is 3. The molecule has 1 aromatic heterocycles. The molecular formula is C8H3ClF3N3O. The monoisotopic (exact) mass is 249 g/mol. The van der Waals surface area contributed by atoms with Crippen molar-refractivity contribution in [1.82, 2.24) is 4.98 Å². The third-order valence-electron chi connectivity index (χ3n) is 1.60. The summed E-state index contributed by atoms with van der Waals surface area (Å²) >= 11 is 5.48. The first kappa shape index (κ1) is 12.3. The smallest absolute Gasteiger partial charge is 0.410 e. The maximum absolute atomic E-state index is 12.2. The van der Waals surface area contributed by atoms with E-state index in [4.69, 9.17) is 22.1 Å². The molecule has 0 aliphatic rings.